The van der Waals surface area contributed by atoms with Gasteiger partial charge in [0.15, 0.2) is 0 Å². The number of esters is 2. The maximum absolute atomic E-state index is 12.4. The summed E-state index contributed by atoms with van der Waals surface area (Å²) in [5.41, 5.74) is 1.23. The van der Waals surface area contributed by atoms with Crippen LogP contribution in [0.5, 0.6) is 0 Å². The SMILES string of the molecule is CC[P+](C)(C)Cc1ccc(COC(=O)C(C)(COC)COC(C)=O)cc1. The van der Waals surface area contributed by atoms with Gasteiger partial charge < -0.3 is 14.2 Å². The highest BCUT2D eigenvalue weighted by Crippen LogP contribution is 2.53. The molecule has 0 aliphatic rings. The van der Waals surface area contributed by atoms with E-state index in [9.17, 15) is 9.59 Å². The topological polar surface area (TPSA) is 61.8 Å². The molecule has 26 heavy (non-hydrogen) atoms. The molecule has 0 aliphatic heterocycles. The lowest BCUT2D eigenvalue weighted by Gasteiger charge is -2.25. The zero-order valence-electron chi connectivity index (χ0n) is 16.8. The summed E-state index contributed by atoms with van der Waals surface area (Å²) in [6.45, 7) is 10.2. The zero-order valence-corrected chi connectivity index (χ0v) is 17.7. The molecule has 0 aromatic heterocycles. The molecule has 0 radical (unpaired) electrons. The van der Waals surface area contributed by atoms with Crippen LogP contribution in [-0.2, 0) is 36.6 Å². The van der Waals surface area contributed by atoms with Crippen molar-refractivity contribution in [2.24, 2.45) is 5.41 Å². The first-order chi connectivity index (χ1) is 12.1. The van der Waals surface area contributed by atoms with Crippen molar-refractivity contribution in [2.75, 3.05) is 39.8 Å². The molecule has 0 saturated carbocycles. The fourth-order valence-corrected chi connectivity index (χ4v) is 3.83. The van der Waals surface area contributed by atoms with Crippen molar-refractivity contribution >= 4 is 19.2 Å². The van der Waals surface area contributed by atoms with Gasteiger partial charge in [0.1, 0.15) is 18.6 Å². The second-order valence-electron chi connectivity index (χ2n) is 7.58. The number of rotatable bonds is 10. The molecule has 0 N–H and O–H groups in total. The molecule has 1 aromatic carbocycles. The number of carbonyl (C=O) groups excluding carboxylic acids is 2. The molecule has 0 fully saturated rings. The van der Waals surface area contributed by atoms with Crippen LogP contribution in [0.2, 0.25) is 0 Å². The first-order valence-electron chi connectivity index (χ1n) is 8.81. The van der Waals surface area contributed by atoms with E-state index in [1.165, 1.54) is 25.8 Å². The van der Waals surface area contributed by atoms with E-state index >= 15 is 0 Å². The minimum atomic E-state index is -1.02. The Morgan fingerprint density at radius 3 is 2.12 bits per heavy atom. The highest BCUT2D eigenvalue weighted by Gasteiger charge is 2.36. The Bertz CT molecular complexity index is 597. The van der Waals surface area contributed by atoms with Crippen LogP contribution in [0.25, 0.3) is 0 Å². The van der Waals surface area contributed by atoms with E-state index in [2.05, 4.69) is 32.4 Å². The van der Waals surface area contributed by atoms with Crippen LogP contribution in [0.4, 0.5) is 0 Å². The molecule has 6 heteroatoms. The normalized spacial score (nSPS) is 13.8. The van der Waals surface area contributed by atoms with Gasteiger partial charge in [0.2, 0.25) is 0 Å². The summed E-state index contributed by atoms with van der Waals surface area (Å²) in [5, 5.41) is 0. The first kappa shape index (κ1) is 22.6. The van der Waals surface area contributed by atoms with Crippen LogP contribution >= 0.6 is 7.26 Å². The van der Waals surface area contributed by atoms with Gasteiger partial charge in [-0.2, -0.15) is 0 Å². The Morgan fingerprint density at radius 2 is 1.62 bits per heavy atom. The molecule has 1 aromatic rings. The summed E-state index contributed by atoms with van der Waals surface area (Å²) in [6.07, 6.45) is 2.35. The van der Waals surface area contributed by atoms with Crippen LogP contribution < -0.4 is 0 Å². The summed E-state index contributed by atoms with van der Waals surface area (Å²) in [5.74, 6) is -0.878. The smallest absolute Gasteiger partial charge is 0.317 e. The summed E-state index contributed by atoms with van der Waals surface area (Å²) in [6, 6.07) is 8.21. The molecule has 5 nitrogen and oxygen atoms in total. The van der Waals surface area contributed by atoms with Crippen LogP contribution in [0.1, 0.15) is 31.9 Å². The fraction of sp³-hybridized carbons (Fsp3) is 0.600. The van der Waals surface area contributed by atoms with E-state index < -0.39 is 24.6 Å². The molecular weight excluding hydrogens is 351 g/mol. The van der Waals surface area contributed by atoms with Crippen LogP contribution in [-0.4, -0.2) is 51.8 Å². The number of methoxy groups -OCH3 is 1. The number of hydrogen-bond acceptors (Lipinski definition) is 5. The van der Waals surface area contributed by atoms with Crippen LogP contribution in [0.3, 0.4) is 0 Å². The van der Waals surface area contributed by atoms with E-state index in [-0.39, 0.29) is 19.8 Å². The van der Waals surface area contributed by atoms with Gasteiger partial charge in [-0.25, -0.2) is 0 Å². The van der Waals surface area contributed by atoms with E-state index in [1.807, 2.05) is 12.1 Å². The van der Waals surface area contributed by atoms with Crippen molar-refractivity contribution in [1.29, 1.82) is 0 Å². The average Bonchev–Trinajstić information content (AvgIpc) is 2.59. The summed E-state index contributed by atoms with van der Waals surface area (Å²) in [7, 11) is 0.620. The lowest BCUT2D eigenvalue weighted by Crippen LogP contribution is -2.39. The Labute approximate surface area is 157 Å². The average molecular weight is 383 g/mol. The van der Waals surface area contributed by atoms with Gasteiger partial charge >= 0.3 is 11.9 Å². The predicted molar refractivity (Wildman–Crippen MR) is 106 cm³/mol. The zero-order chi connectivity index (χ0) is 19.8. The molecule has 0 amide bonds. The Kier molecular flexibility index (Phi) is 8.72. The quantitative estimate of drug-likeness (QED) is 0.455. The van der Waals surface area contributed by atoms with E-state index in [0.29, 0.717) is 0 Å². The molecule has 0 heterocycles. The Hall–Kier alpha value is -1.45. The summed E-state index contributed by atoms with van der Waals surface area (Å²) >= 11 is 0. The molecular formula is C20H32O5P+. The van der Waals surface area contributed by atoms with Crippen molar-refractivity contribution < 1.29 is 23.8 Å². The highest BCUT2D eigenvalue weighted by molar-refractivity contribution is 7.73. The predicted octanol–water partition coefficient (Wildman–Crippen LogP) is 3.74. The highest BCUT2D eigenvalue weighted by atomic mass is 31.2. The van der Waals surface area contributed by atoms with Gasteiger partial charge in [0.05, 0.1) is 18.9 Å². The monoisotopic (exact) mass is 383 g/mol. The van der Waals surface area contributed by atoms with Gasteiger partial charge in [-0.1, -0.05) is 24.3 Å². The van der Waals surface area contributed by atoms with Gasteiger partial charge in [0.25, 0.3) is 0 Å². The van der Waals surface area contributed by atoms with Gasteiger partial charge in [-0.3, -0.25) is 9.59 Å². The minimum Gasteiger partial charge on any atom is -0.465 e. The largest absolute Gasteiger partial charge is 0.465 e. The molecule has 0 spiro atoms. The lowest BCUT2D eigenvalue weighted by atomic mass is 9.93. The second kappa shape index (κ2) is 10.0. The molecule has 146 valence electrons. The van der Waals surface area contributed by atoms with Crippen LogP contribution in [0, 0.1) is 5.41 Å². The van der Waals surface area contributed by atoms with Gasteiger partial charge in [0, 0.05) is 34.6 Å². The maximum Gasteiger partial charge on any atom is 0.317 e. The first-order valence-corrected chi connectivity index (χ1v) is 11.9. The Morgan fingerprint density at radius 1 is 1.04 bits per heavy atom. The number of hydrogen-bond donors (Lipinski definition) is 0. The standard InChI is InChI=1S/C20H32O5P/c1-7-26(5,6)13-18-10-8-17(9-11-18)12-24-19(22)20(3,14-23-4)15-25-16(2)21/h8-11H,7,12-15H2,1-6H3/q+1. The number of ether oxygens (including phenoxy) is 3. The third kappa shape index (κ3) is 7.43. The Balaban J connectivity index is 2.65. The van der Waals surface area contributed by atoms with Crippen molar-refractivity contribution in [3.05, 3.63) is 35.4 Å². The molecule has 1 rings (SSSR count). The number of carbonyl (C=O) groups is 2. The fourth-order valence-electron chi connectivity index (χ4n) is 2.41. The van der Waals surface area contributed by atoms with E-state index in [1.54, 1.807) is 6.92 Å². The minimum absolute atomic E-state index is 0.0657. The van der Waals surface area contributed by atoms with Crippen LogP contribution in [0.15, 0.2) is 24.3 Å². The third-order valence-corrected chi connectivity index (χ3v) is 7.34. The van der Waals surface area contributed by atoms with Crippen molar-refractivity contribution in [2.45, 2.75) is 33.5 Å². The third-order valence-electron chi connectivity index (χ3n) is 4.41. The second-order valence-corrected chi connectivity index (χ2v) is 12.4. The van der Waals surface area contributed by atoms with Gasteiger partial charge in [-0.15, -0.1) is 0 Å². The molecule has 1 atom stereocenters. The summed E-state index contributed by atoms with van der Waals surface area (Å²) in [4.78, 5) is 23.5. The molecule has 1 unspecified atom stereocenters. The molecule has 0 aliphatic carbocycles. The van der Waals surface area contributed by atoms with E-state index in [0.717, 1.165) is 11.7 Å². The van der Waals surface area contributed by atoms with Crippen molar-refractivity contribution in [3.63, 3.8) is 0 Å². The summed E-state index contributed by atoms with van der Waals surface area (Å²) < 4.78 is 15.5. The molecule has 0 saturated heterocycles. The number of benzene rings is 1. The van der Waals surface area contributed by atoms with E-state index in [4.69, 9.17) is 14.2 Å². The van der Waals surface area contributed by atoms with Crippen molar-refractivity contribution in [3.8, 4) is 0 Å². The maximum atomic E-state index is 12.4. The van der Waals surface area contributed by atoms with Gasteiger partial charge in [-0.05, 0) is 25.0 Å². The molecule has 0 bridgehead atoms. The lowest BCUT2D eigenvalue weighted by molar-refractivity contribution is -0.167. The van der Waals surface area contributed by atoms with Crippen molar-refractivity contribution in [1.82, 2.24) is 0 Å².